The Bertz CT molecular complexity index is 506. The summed E-state index contributed by atoms with van der Waals surface area (Å²) in [5.74, 6) is -0.278. The predicted octanol–water partition coefficient (Wildman–Crippen LogP) is -0.871. The molecule has 1 aromatic rings. The van der Waals surface area contributed by atoms with Crippen LogP contribution in [0, 0.1) is 0 Å². The first-order valence-corrected chi connectivity index (χ1v) is 6.34. The summed E-state index contributed by atoms with van der Waals surface area (Å²) < 4.78 is 26.4. The molecule has 96 valence electrons. The molecule has 0 unspecified atom stereocenters. The lowest BCUT2D eigenvalue weighted by atomic mass is 10.5. The van der Waals surface area contributed by atoms with Gasteiger partial charge in [0.25, 0.3) is 0 Å². The third-order valence-corrected chi connectivity index (χ3v) is 4.00. The van der Waals surface area contributed by atoms with E-state index in [2.05, 4.69) is 5.10 Å². The summed E-state index contributed by atoms with van der Waals surface area (Å²) in [5.41, 5.74) is 0. The number of carbonyl (C=O) groups is 1. The summed E-state index contributed by atoms with van der Waals surface area (Å²) in [6, 6.07) is 0. The van der Waals surface area contributed by atoms with Crippen LogP contribution in [0.1, 0.15) is 0 Å². The molecule has 0 saturated carbocycles. The Morgan fingerprint density at radius 1 is 1.41 bits per heavy atom. The molecule has 0 spiro atoms. The van der Waals surface area contributed by atoms with Crippen molar-refractivity contribution in [2.75, 3.05) is 27.7 Å². The molecular weight excluding hydrogens is 244 g/mol. The highest BCUT2D eigenvalue weighted by Crippen LogP contribution is 2.12. The Labute approximate surface area is 101 Å². The number of rotatable bonds is 4. The van der Waals surface area contributed by atoms with E-state index in [1.165, 1.54) is 29.0 Å². The Kier molecular flexibility index (Phi) is 3.89. The van der Waals surface area contributed by atoms with E-state index >= 15 is 0 Å². The number of carbonyl (C=O) groups excluding carboxylic acids is 1. The number of nitrogens with zero attached hydrogens (tertiary/aromatic N) is 4. The quantitative estimate of drug-likeness (QED) is 0.705. The smallest absolute Gasteiger partial charge is 0.246 e. The van der Waals surface area contributed by atoms with E-state index in [9.17, 15) is 13.2 Å². The van der Waals surface area contributed by atoms with Gasteiger partial charge < -0.3 is 4.90 Å². The number of likely N-dealkylation sites (N-methyl/N-ethyl adjacent to an activating group) is 2. The van der Waals surface area contributed by atoms with Gasteiger partial charge >= 0.3 is 0 Å². The molecule has 0 aliphatic heterocycles. The number of sulfonamides is 1. The average molecular weight is 260 g/mol. The van der Waals surface area contributed by atoms with Crippen LogP contribution in [0.25, 0.3) is 0 Å². The minimum atomic E-state index is -3.64. The Hall–Kier alpha value is -1.41. The van der Waals surface area contributed by atoms with Gasteiger partial charge in [0.1, 0.15) is 4.90 Å². The van der Waals surface area contributed by atoms with Crippen molar-refractivity contribution in [3.63, 3.8) is 0 Å². The van der Waals surface area contributed by atoms with Crippen molar-refractivity contribution in [3.05, 3.63) is 12.4 Å². The minimum absolute atomic E-state index is 0.0778. The van der Waals surface area contributed by atoms with E-state index in [4.69, 9.17) is 0 Å². The molecule has 1 rings (SSSR count). The number of aromatic nitrogens is 2. The molecular formula is C9H16N4O3S. The largest absolute Gasteiger partial charge is 0.348 e. The highest BCUT2D eigenvalue weighted by Gasteiger charge is 2.24. The molecule has 7 nitrogen and oxygen atoms in total. The second-order valence-corrected chi connectivity index (χ2v) is 5.94. The highest BCUT2D eigenvalue weighted by atomic mass is 32.2. The van der Waals surface area contributed by atoms with Crippen molar-refractivity contribution in [2.45, 2.75) is 4.90 Å². The van der Waals surface area contributed by atoms with Crippen LogP contribution < -0.4 is 0 Å². The topological polar surface area (TPSA) is 75.5 Å². The first-order valence-electron chi connectivity index (χ1n) is 4.90. The maximum atomic E-state index is 12.0. The fourth-order valence-electron chi connectivity index (χ4n) is 1.13. The summed E-state index contributed by atoms with van der Waals surface area (Å²) in [6.45, 7) is -0.190. The highest BCUT2D eigenvalue weighted by molar-refractivity contribution is 7.89. The predicted molar refractivity (Wildman–Crippen MR) is 61.7 cm³/mol. The van der Waals surface area contributed by atoms with Gasteiger partial charge in [0, 0.05) is 34.4 Å². The summed E-state index contributed by atoms with van der Waals surface area (Å²) in [7, 11) is 2.50. The van der Waals surface area contributed by atoms with Crippen LogP contribution in [0.4, 0.5) is 0 Å². The number of amides is 1. The van der Waals surface area contributed by atoms with Crippen LogP contribution in [0.2, 0.25) is 0 Å². The van der Waals surface area contributed by atoms with E-state index in [-0.39, 0.29) is 17.3 Å². The van der Waals surface area contributed by atoms with E-state index in [0.29, 0.717) is 0 Å². The zero-order chi connectivity index (χ0) is 13.2. The maximum absolute atomic E-state index is 12.0. The lowest BCUT2D eigenvalue weighted by Gasteiger charge is -2.18. The van der Waals surface area contributed by atoms with Crippen LogP contribution in [-0.4, -0.2) is 61.0 Å². The van der Waals surface area contributed by atoms with Gasteiger partial charge in [-0.05, 0) is 0 Å². The molecule has 0 N–H and O–H groups in total. The lowest BCUT2D eigenvalue weighted by molar-refractivity contribution is -0.128. The van der Waals surface area contributed by atoms with Crippen LogP contribution in [0.5, 0.6) is 0 Å². The number of hydrogen-bond donors (Lipinski definition) is 0. The van der Waals surface area contributed by atoms with Gasteiger partial charge in [0.15, 0.2) is 0 Å². The molecule has 0 aliphatic rings. The molecule has 0 bridgehead atoms. The van der Waals surface area contributed by atoms with Crippen molar-refractivity contribution < 1.29 is 13.2 Å². The fraction of sp³-hybridized carbons (Fsp3) is 0.556. The van der Waals surface area contributed by atoms with Gasteiger partial charge in [-0.3, -0.25) is 9.48 Å². The normalized spacial score (nSPS) is 11.8. The standard InChI is InChI=1S/C9H16N4O3S/c1-11(2)9(14)7-13(4)17(15,16)8-5-10-12(3)6-8/h5-6H,7H2,1-4H3. The SMILES string of the molecule is CN(C)C(=O)CN(C)S(=O)(=O)c1cnn(C)c1. The van der Waals surface area contributed by atoms with Crippen molar-refractivity contribution in [3.8, 4) is 0 Å². The molecule has 1 aromatic heterocycles. The van der Waals surface area contributed by atoms with Gasteiger partial charge in [0.2, 0.25) is 15.9 Å². The molecule has 0 aliphatic carbocycles. The summed E-state index contributed by atoms with van der Waals surface area (Å²) in [4.78, 5) is 12.9. The molecule has 8 heteroatoms. The molecule has 0 aromatic carbocycles. The van der Waals surface area contributed by atoms with Gasteiger partial charge in [0.05, 0.1) is 12.7 Å². The van der Waals surface area contributed by atoms with Crippen molar-refractivity contribution in [1.82, 2.24) is 19.0 Å². The van der Waals surface area contributed by atoms with Crippen LogP contribution >= 0.6 is 0 Å². The molecule has 0 fully saturated rings. The first kappa shape index (κ1) is 13.7. The van der Waals surface area contributed by atoms with E-state index in [1.807, 2.05) is 0 Å². The molecule has 17 heavy (non-hydrogen) atoms. The second kappa shape index (κ2) is 4.84. The third kappa shape index (κ3) is 3.04. The van der Waals surface area contributed by atoms with Crippen LogP contribution in [-0.2, 0) is 21.9 Å². The molecule has 0 atom stereocenters. The number of hydrogen-bond acceptors (Lipinski definition) is 4. The summed E-state index contributed by atoms with van der Waals surface area (Å²) in [6.07, 6.45) is 2.65. The third-order valence-electron chi connectivity index (χ3n) is 2.25. The fourth-order valence-corrected chi connectivity index (χ4v) is 2.24. The zero-order valence-corrected chi connectivity index (χ0v) is 11.1. The van der Waals surface area contributed by atoms with Crippen LogP contribution in [0.3, 0.4) is 0 Å². The van der Waals surface area contributed by atoms with Crippen molar-refractivity contribution >= 4 is 15.9 Å². The van der Waals surface area contributed by atoms with Crippen LogP contribution in [0.15, 0.2) is 17.3 Å². The monoisotopic (exact) mass is 260 g/mol. The van der Waals surface area contributed by atoms with Gasteiger partial charge in [-0.2, -0.15) is 9.40 Å². The first-order chi connectivity index (χ1) is 7.75. The molecule has 1 amide bonds. The Balaban J connectivity index is 2.88. The van der Waals surface area contributed by atoms with E-state index in [1.54, 1.807) is 21.1 Å². The van der Waals surface area contributed by atoms with Gasteiger partial charge in [-0.25, -0.2) is 8.42 Å². The van der Waals surface area contributed by atoms with Gasteiger partial charge in [-0.15, -0.1) is 0 Å². The minimum Gasteiger partial charge on any atom is -0.348 e. The lowest BCUT2D eigenvalue weighted by Crippen LogP contribution is -2.37. The Morgan fingerprint density at radius 3 is 2.41 bits per heavy atom. The summed E-state index contributed by atoms with van der Waals surface area (Å²) >= 11 is 0. The average Bonchev–Trinajstić information content (AvgIpc) is 2.64. The van der Waals surface area contributed by atoms with Crippen molar-refractivity contribution in [1.29, 1.82) is 0 Å². The van der Waals surface area contributed by atoms with Gasteiger partial charge in [-0.1, -0.05) is 0 Å². The second-order valence-electron chi connectivity index (χ2n) is 3.90. The maximum Gasteiger partial charge on any atom is 0.246 e. The Morgan fingerprint density at radius 2 is 2.00 bits per heavy atom. The van der Waals surface area contributed by atoms with E-state index in [0.717, 1.165) is 4.31 Å². The van der Waals surface area contributed by atoms with E-state index < -0.39 is 10.0 Å². The van der Waals surface area contributed by atoms with Crippen molar-refractivity contribution in [2.24, 2.45) is 7.05 Å². The molecule has 0 radical (unpaired) electrons. The summed E-state index contributed by atoms with van der Waals surface area (Å²) in [5, 5.41) is 3.80. The number of aryl methyl sites for hydroxylation is 1. The molecule has 0 saturated heterocycles. The zero-order valence-electron chi connectivity index (χ0n) is 10.3. The molecule has 1 heterocycles.